The second-order valence-corrected chi connectivity index (χ2v) is 6.50. The van der Waals surface area contributed by atoms with E-state index in [9.17, 15) is 0 Å². The summed E-state index contributed by atoms with van der Waals surface area (Å²) in [5.74, 6) is 2.90. The molecule has 2 N–H and O–H groups in total. The minimum atomic E-state index is -0.131. The summed E-state index contributed by atoms with van der Waals surface area (Å²) in [4.78, 5) is 0. The summed E-state index contributed by atoms with van der Waals surface area (Å²) in [6.45, 7) is 4.52. The number of aryl methyl sites for hydroxylation is 1. The lowest BCUT2D eigenvalue weighted by Crippen LogP contribution is -2.43. The summed E-state index contributed by atoms with van der Waals surface area (Å²) in [6.07, 6.45) is 8.08. The molecule has 1 aromatic rings. The summed E-state index contributed by atoms with van der Waals surface area (Å²) >= 11 is 0. The maximum atomic E-state index is 6.23. The van der Waals surface area contributed by atoms with Crippen LogP contribution >= 0.6 is 0 Å². The molecule has 0 amide bonds. The van der Waals surface area contributed by atoms with Gasteiger partial charge in [-0.1, -0.05) is 6.92 Å². The van der Waals surface area contributed by atoms with Crippen LogP contribution in [0.5, 0.6) is 0 Å². The molecule has 0 bridgehead atoms. The molecule has 0 saturated heterocycles. The molecule has 1 saturated carbocycles. The molecule has 5 nitrogen and oxygen atoms in total. The fourth-order valence-corrected chi connectivity index (χ4v) is 3.39. The lowest BCUT2D eigenvalue weighted by Gasteiger charge is -2.38. The van der Waals surface area contributed by atoms with Crippen molar-refractivity contribution in [3.8, 4) is 0 Å². The summed E-state index contributed by atoms with van der Waals surface area (Å²) in [7, 11) is 0. The van der Waals surface area contributed by atoms with Crippen LogP contribution in [0.2, 0.25) is 0 Å². The van der Waals surface area contributed by atoms with Gasteiger partial charge in [0, 0.05) is 19.5 Å². The first kappa shape index (κ1) is 14.0. The first-order valence-corrected chi connectivity index (χ1v) is 7.97. The van der Waals surface area contributed by atoms with E-state index in [4.69, 9.17) is 10.5 Å². The van der Waals surface area contributed by atoms with Gasteiger partial charge in [0.15, 0.2) is 5.82 Å². The molecule has 3 rings (SSSR count). The van der Waals surface area contributed by atoms with Gasteiger partial charge in [0.2, 0.25) is 0 Å². The van der Waals surface area contributed by atoms with Crippen LogP contribution < -0.4 is 5.73 Å². The van der Waals surface area contributed by atoms with Gasteiger partial charge in [-0.2, -0.15) is 0 Å². The SMILES string of the molecule is CC1CCC(CN)(OCc2nnc3n2CCCC3)CC1. The highest BCUT2D eigenvalue weighted by atomic mass is 16.5. The number of nitrogens with two attached hydrogens (primary N) is 1. The molecule has 0 atom stereocenters. The topological polar surface area (TPSA) is 66.0 Å². The van der Waals surface area contributed by atoms with Gasteiger partial charge in [-0.05, 0) is 44.4 Å². The summed E-state index contributed by atoms with van der Waals surface area (Å²) < 4.78 is 8.47. The Morgan fingerprint density at radius 2 is 2.10 bits per heavy atom. The van der Waals surface area contributed by atoms with E-state index in [-0.39, 0.29) is 5.60 Å². The van der Waals surface area contributed by atoms with Crippen molar-refractivity contribution >= 4 is 0 Å². The summed E-state index contributed by atoms with van der Waals surface area (Å²) in [5, 5.41) is 8.59. The zero-order valence-electron chi connectivity index (χ0n) is 12.5. The Bertz CT molecular complexity index is 449. The number of hydrogen-bond acceptors (Lipinski definition) is 4. The quantitative estimate of drug-likeness (QED) is 0.915. The Hall–Kier alpha value is -0.940. The highest BCUT2D eigenvalue weighted by Gasteiger charge is 2.34. The van der Waals surface area contributed by atoms with Crippen molar-refractivity contribution in [1.29, 1.82) is 0 Å². The number of ether oxygens (including phenoxy) is 1. The van der Waals surface area contributed by atoms with Crippen LogP contribution in [-0.2, 0) is 24.3 Å². The average Bonchev–Trinajstić information content (AvgIpc) is 2.91. The van der Waals surface area contributed by atoms with Gasteiger partial charge in [-0.25, -0.2) is 0 Å². The molecule has 0 aromatic carbocycles. The number of fused-ring (bicyclic) bond motifs is 1. The molecule has 0 radical (unpaired) electrons. The first-order chi connectivity index (χ1) is 9.72. The number of nitrogens with zero attached hydrogens (tertiary/aromatic N) is 3. The Labute approximate surface area is 120 Å². The van der Waals surface area contributed by atoms with Crippen molar-refractivity contribution in [3.63, 3.8) is 0 Å². The minimum absolute atomic E-state index is 0.131. The zero-order chi connectivity index (χ0) is 14.0. The van der Waals surface area contributed by atoms with Gasteiger partial charge in [0.25, 0.3) is 0 Å². The third-order valence-electron chi connectivity index (χ3n) is 5.00. The van der Waals surface area contributed by atoms with E-state index in [0.29, 0.717) is 13.2 Å². The lowest BCUT2D eigenvalue weighted by atomic mass is 9.79. The monoisotopic (exact) mass is 278 g/mol. The maximum absolute atomic E-state index is 6.23. The Kier molecular flexibility index (Phi) is 4.08. The van der Waals surface area contributed by atoms with Crippen molar-refractivity contribution in [2.45, 2.75) is 70.6 Å². The molecule has 0 unspecified atom stereocenters. The van der Waals surface area contributed by atoms with Crippen molar-refractivity contribution in [3.05, 3.63) is 11.6 Å². The maximum Gasteiger partial charge on any atom is 0.159 e. The van der Waals surface area contributed by atoms with Gasteiger partial charge in [-0.3, -0.25) is 0 Å². The lowest BCUT2D eigenvalue weighted by molar-refractivity contribution is -0.0830. The summed E-state index contributed by atoms with van der Waals surface area (Å²) in [5.41, 5.74) is 5.86. The Morgan fingerprint density at radius 3 is 2.85 bits per heavy atom. The van der Waals surface area contributed by atoms with Crippen molar-refractivity contribution in [2.24, 2.45) is 11.7 Å². The standard InChI is InChI=1S/C15H26N4O/c1-12-5-7-15(11-16,8-6-12)20-10-14-18-17-13-4-2-3-9-19(13)14/h12H,2-11,16H2,1H3. The molecule has 1 aliphatic carbocycles. The smallest absolute Gasteiger partial charge is 0.159 e. The third-order valence-corrected chi connectivity index (χ3v) is 5.00. The molecule has 2 heterocycles. The van der Waals surface area contributed by atoms with E-state index < -0.39 is 0 Å². The van der Waals surface area contributed by atoms with Crippen LogP contribution in [0, 0.1) is 5.92 Å². The largest absolute Gasteiger partial charge is 0.366 e. The molecule has 1 aliphatic heterocycles. The van der Waals surface area contributed by atoms with Gasteiger partial charge < -0.3 is 15.0 Å². The molecule has 1 aromatic heterocycles. The molecule has 0 spiro atoms. The first-order valence-electron chi connectivity index (χ1n) is 7.97. The second-order valence-electron chi connectivity index (χ2n) is 6.50. The fourth-order valence-electron chi connectivity index (χ4n) is 3.39. The minimum Gasteiger partial charge on any atom is -0.366 e. The summed E-state index contributed by atoms with van der Waals surface area (Å²) in [6, 6.07) is 0. The van der Waals surface area contributed by atoms with Crippen LogP contribution in [-0.4, -0.2) is 26.9 Å². The highest BCUT2D eigenvalue weighted by Crippen LogP contribution is 2.34. The fraction of sp³-hybridized carbons (Fsp3) is 0.867. The van der Waals surface area contributed by atoms with Gasteiger partial charge in [0.05, 0.1) is 5.60 Å². The Morgan fingerprint density at radius 1 is 1.30 bits per heavy atom. The van der Waals surface area contributed by atoms with Gasteiger partial charge >= 0.3 is 0 Å². The molecule has 1 fully saturated rings. The third kappa shape index (κ3) is 2.74. The number of aromatic nitrogens is 3. The molecular weight excluding hydrogens is 252 g/mol. The predicted molar refractivity (Wildman–Crippen MR) is 77.2 cm³/mol. The van der Waals surface area contributed by atoms with Crippen molar-refractivity contribution in [2.75, 3.05) is 6.54 Å². The van der Waals surface area contributed by atoms with E-state index in [1.165, 1.54) is 25.7 Å². The van der Waals surface area contributed by atoms with E-state index >= 15 is 0 Å². The number of rotatable bonds is 4. The second kappa shape index (κ2) is 5.82. The Balaban J connectivity index is 1.64. The normalized spacial score (nSPS) is 30.2. The van der Waals surface area contributed by atoms with Crippen LogP contribution in [0.15, 0.2) is 0 Å². The van der Waals surface area contributed by atoms with Gasteiger partial charge in [0.1, 0.15) is 12.4 Å². The zero-order valence-corrected chi connectivity index (χ0v) is 12.5. The molecule has 5 heteroatoms. The van der Waals surface area contributed by atoms with Crippen LogP contribution in [0.3, 0.4) is 0 Å². The molecular formula is C15H26N4O. The van der Waals surface area contributed by atoms with Crippen LogP contribution in [0.25, 0.3) is 0 Å². The van der Waals surface area contributed by atoms with Crippen LogP contribution in [0.4, 0.5) is 0 Å². The van der Waals surface area contributed by atoms with E-state index in [2.05, 4.69) is 21.7 Å². The predicted octanol–water partition coefficient (Wildman–Crippen LogP) is 2.04. The van der Waals surface area contributed by atoms with E-state index in [0.717, 1.165) is 43.4 Å². The highest BCUT2D eigenvalue weighted by molar-refractivity contribution is 4.98. The number of hydrogen-bond donors (Lipinski definition) is 1. The molecule has 2 aliphatic rings. The van der Waals surface area contributed by atoms with Crippen molar-refractivity contribution in [1.82, 2.24) is 14.8 Å². The van der Waals surface area contributed by atoms with Gasteiger partial charge in [-0.15, -0.1) is 10.2 Å². The van der Waals surface area contributed by atoms with Crippen LogP contribution in [0.1, 0.15) is 57.1 Å². The van der Waals surface area contributed by atoms with Crippen molar-refractivity contribution < 1.29 is 4.74 Å². The molecule has 20 heavy (non-hydrogen) atoms. The van der Waals surface area contributed by atoms with E-state index in [1.807, 2.05) is 0 Å². The molecule has 112 valence electrons. The van der Waals surface area contributed by atoms with E-state index in [1.54, 1.807) is 0 Å². The average molecular weight is 278 g/mol.